The first-order chi connectivity index (χ1) is 10.6. The number of hydrogen-bond donors (Lipinski definition) is 2. The lowest BCUT2D eigenvalue weighted by atomic mass is 9.82. The van der Waals surface area contributed by atoms with E-state index in [2.05, 4.69) is 23.8 Å². The Morgan fingerprint density at radius 3 is 2.55 bits per heavy atom. The van der Waals surface area contributed by atoms with Crippen LogP contribution in [0.2, 0.25) is 0 Å². The molecule has 0 bridgehead atoms. The third-order valence-electron chi connectivity index (χ3n) is 3.72. The van der Waals surface area contributed by atoms with Crippen molar-refractivity contribution in [2.45, 2.75) is 25.8 Å². The molecule has 1 atom stereocenters. The number of allylic oxidation sites excluding steroid dienone is 4. The normalized spacial score (nSPS) is 25.6. The molecule has 1 saturated heterocycles. The summed E-state index contributed by atoms with van der Waals surface area (Å²) in [7, 11) is 0. The highest BCUT2D eigenvalue weighted by atomic mass is 16.2. The van der Waals surface area contributed by atoms with Crippen LogP contribution in [0, 0.1) is 0 Å². The first-order valence-electron chi connectivity index (χ1n) is 7.54. The number of amides is 1. The third-order valence-corrected chi connectivity index (χ3v) is 3.72. The summed E-state index contributed by atoms with van der Waals surface area (Å²) >= 11 is 0. The first-order valence-corrected chi connectivity index (χ1v) is 7.54. The number of carbonyl (C=O) groups is 1. The molecule has 1 spiro atoms. The summed E-state index contributed by atoms with van der Waals surface area (Å²) in [4.78, 5) is 12.5. The van der Waals surface area contributed by atoms with Crippen LogP contribution in [0.15, 0.2) is 67.5 Å². The van der Waals surface area contributed by atoms with Crippen molar-refractivity contribution in [2.75, 3.05) is 0 Å². The van der Waals surface area contributed by atoms with Gasteiger partial charge in [0, 0.05) is 6.42 Å². The van der Waals surface area contributed by atoms with E-state index in [0.29, 0.717) is 12.2 Å². The molecular formula is C19H22N2O. The number of carbonyl (C=O) groups excluding carboxylic acids is 1. The molecule has 1 aromatic rings. The minimum absolute atomic E-state index is 0.0747. The van der Waals surface area contributed by atoms with Gasteiger partial charge in [-0.1, -0.05) is 75.6 Å². The molecule has 1 aromatic carbocycles. The van der Waals surface area contributed by atoms with Gasteiger partial charge in [-0.3, -0.25) is 4.79 Å². The molecule has 3 heteroatoms. The minimum atomic E-state index is -0.806. The molecule has 1 heterocycles. The van der Waals surface area contributed by atoms with E-state index in [1.807, 2.05) is 62.4 Å². The van der Waals surface area contributed by atoms with Crippen molar-refractivity contribution in [3.05, 3.63) is 78.7 Å². The van der Waals surface area contributed by atoms with Crippen LogP contribution in [-0.2, 0) is 10.3 Å². The fourth-order valence-electron chi connectivity index (χ4n) is 2.75. The highest BCUT2D eigenvalue weighted by molar-refractivity contribution is 5.94. The SMILES string of the molecule is C=C1NC(=O)C2(C/C=C\C=C/C(=C)c3ccccc32)N1.CC. The van der Waals surface area contributed by atoms with Gasteiger partial charge in [-0.25, -0.2) is 0 Å². The average Bonchev–Trinajstić information content (AvgIpc) is 2.85. The molecule has 2 N–H and O–H groups in total. The topological polar surface area (TPSA) is 41.1 Å². The molecular weight excluding hydrogens is 272 g/mol. The van der Waals surface area contributed by atoms with Crippen molar-refractivity contribution >= 4 is 11.5 Å². The van der Waals surface area contributed by atoms with Crippen molar-refractivity contribution in [1.29, 1.82) is 0 Å². The zero-order valence-corrected chi connectivity index (χ0v) is 13.1. The Bertz CT molecular complexity index is 670. The second-order valence-electron chi connectivity index (χ2n) is 5.03. The van der Waals surface area contributed by atoms with Crippen LogP contribution in [0.1, 0.15) is 31.4 Å². The zero-order chi connectivity index (χ0) is 16.2. The van der Waals surface area contributed by atoms with Gasteiger partial charge in [-0.15, -0.1) is 0 Å². The summed E-state index contributed by atoms with van der Waals surface area (Å²) in [5, 5.41) is 5.99. The maximum Gasteiger partial charge on any atom is 0.256 e. The number of fused-ring (bicyclic) bond motifs is 2. The molecule has 114 valence electrons. The predicted octanol–water partition coefficient (Wildman–Crippen LogP) is 3.63. The van der Waals surface area contributed by atoms with E-state index in [1.165, 1.54) is 0 Å². The van der Waals surface area contributed by atoms with Crippen LogP contribution < -0.4 is 10.6 Å². The van der Waals surface area contributed by atoms with Crippen LogP contribution in [0.3, 0.4) is 0 Å². The standard InChI is InChI=1S/C17H16N2O.C2H6/c1-12-8-4-3-7-11-17(16(20)18-13(2)19-17)15-10-6-5-9-14(12)15;1-2/h3-10,19H,1-2,11H2,(H,18,20);1-2H3/b7-3-,8-4-;. The van der Waals surface area contributed by atoms with Crippen LogP contribution in [0.5, 0.6) is 0 Å². The maximum absolute atomic E-state index is 12.5. The van der Waals surface area contributed by atoms with Gasteiger partial charge >= 0.3 is 0 Å². The molecule has 1 amide bonds. The molecule has 22 heavy (non-hydrogen) atoms. The summed E-state index contributed by atoms with van der Waals surface area (Å²) < 4.78 is 0. The smallest absolute Gasteiger partial charge is 0.256 e. The second-order valence-corrected chi connectivity index (χ2v) is 5.03. The Morgan fingerprint density at radius 2 is 1.86 bits per heavy atom. The molecule has 0 radical (unpaired) electrons. The minimum Gasteiger partial charge on any atom is -0.354 e. The van der Waals surface area contributed by atoms with Gasteiger partial charge in [0.15, 0.2) is 0 Å². The van der Waals surface area contributed by atoms with Gasteiger partial charge < -0.3 is 10.6 Å². The molecule has 0 saturated carbocycles. The van der Waals surface area contributed by atoms with Crippen molar-refractivity contribution < 1.29 is 4.79 Å². The van der Waals surface area contributed by atoms with Gasteiger partial charge in [0.1, 0.15) is 5.54 Å². The highest BCUT2D eigenvalue weighted by Crippen LogP contribution is 2.36. The van der Waals surface area contributed by atoms with E-state index < -0.39 is 5.54 Å². The van der Waals surface area contributed by atoms with Crippen molar-refractivity contribution in [3.63, 3.8) is 0 Å². The van der Waals surface area contributed by atoms with E-state index in [4.69, 9.17) is 0 Å². The van der Waals surface area contributed by atoms with Crippen molar-refractivity contribution in [1.82, 2.24) is 10.6 Å². The Labute approximate surface area is 132 Å². The number of hydrogen-bond acceptors (Lipinski definition) is 2. The van der Waals surface area contributed by atoms with Crippen molar-refractivity contribution in [2.24, 2.45) is 0 Å². The van der Waals surface area contributed by atoms with Crippen LogP contribution in [0.4, 0.5) is 0 Å². The Kier molecular flexibility index (Phi) is 4.66. The van der Waals surface area contributed by atoms with Crippen LogP contribution in [0.25, 0.3) is 5.57 Å². The molecule has 3 rings (SSSR count). The molecule has 1 aliphatic carbocycles. The lowest BCUT2D eigenvalue weighted by molar-refractivity contribution is -0.124. The largest absolute Gasteiger partial charge is 0.354 e. The first kappa shape index (κ1) is 15.8. The number of benzene rings is 1. The number of rotatable bonds is 0. The fraction of sp³-hybridized carbons (Fsp3) is 0.211. The van der Waals surface area contributed by atoms with E-state index in [1.54, 1.807) is 0 Å². The van der Waals surface area contributed by atoms with Crippen LogP contribution in [-0.4, -0.2) is 5.91 Å². The van der Waals surface area contributed by atoms with Gasteiger partial charge in [0.05, 0.1) is 5.82 Å². The molecule has 2 aliphatic rings. The Balaban J connectivity index is 0.000000847. The molecule has 1 aliphatic heterocycles. The Morgan fingerprint density at radius 1 is 1.14 bits per heavy atom. The van der Waals surface area contributed by atoms with Gasteiger partial charge in [-0.2, -0.15) is 0 Å². The average molecular weight is 294 g/mol. The zero-order valence-electron chi connectivity index (χ0n) is 13.1. The van der Waals surface area contributed by atoms with Crippen LogP contribution >= 0.6 is 0 Å². The maximum atomic E-state index is 12.5. The van der Waals surface area contributed by atoms with Crippen molar-refractivity contribution in [3.8, 4) is 0 Å². The fourth-order valence-corrected chi connectivity index (χ4v) is 2.75. The van der Waals surface area contributed by atoms with E-state index in [9.17, 15) is 4.79 Å². The summed E-state index contributed by atoms with van der Waals surface area (Å²) in [6.45, 7) is 11.9. The Hall–Kier alpha value is -2.55. The quantitative estimate of drug-likeness (QED) is 0.767. The van der Waals surface area contributed by atoms with E-state index in [0.717, 1.165) is 16.7 Å². The third kappa shape index (κ3) is 2.62. The summed E-state index contributed by atoms with van der Waals surface area (Å²) in [5.74, 6) is 0.463. The van der Waals surface area contributed by atoms with Gasteiger partial charge in [0.25, 0.3) is 5.91 Å². The monoisotopic (exact) mass is 294 g/mol. The summed E-state index contributed by atoms with van der Waals surface area (Å²) in [6, 6.07) is 7.86. The second kappa shape index (κ2) is 6.48. The lowest BCUT2D eigenvalue weighted by Gasteiger charge is -2.28. The predicted molar refractivity (Wildman–Crippen MR) is 91.8 cm³/mol. The van der Waals surface area contributed by atoms with E-state index >= 15 is 0 Å². The van der Waals surface area contributed by atoms with E-state index in [-0.39, 0.29) is 5.91 Å². The van der Waals surface area contributed by atoms with Gasteiger partial charge in [-0.05, 0) is 16.7 Å². The summed E-state index contributed by atoms with van der Waals surface area (Å²) in [5.41, 5.74) is 1.99. The highest BCUT2D eigenvalue weighted by Gasteiger charge is 2.45. The summed E-state index contributed by atoms with van der Waals surface area (Å²) in [6.07, 6.45) is 8.38. The molecule has 3 nitrogen and oxygen atoms in total. The molecule has 1 fully saturated rings. The molecule has 0 aromatic heterocycles. The number of nitrogens with one attached hydrogen (secondary N) is 2. The molecule has 1 unspecified atom stereocenters. The lowest BCUT2D eigenvalue weighted by Crippen LogP contribution is -2.43. The van der Waals surface area contributed by atoms with Gasteiger partial charge in [0.2, 0.25) is 0 Å².